The standard InChI is InChI=1S/C33H44N2O/c1-4-6-7-8-9-13-24-36-32-22-20-30(21-23-32)33-34-25-31(26-35-33)29-18-16-28(17-19-29)15-12-10-11-14-27(3)5-2/h4,16-23,25-27H,1,5-15,24H2,2-3H3/t27-/m0/s1. The predicted octanol–water partition coefficient (Wildman–Crippen LogP) is 9.47. The minimum absolute atomic E-state index is 0.738. The second-order valence-electron chi connectivity index (χ2n) is 9.97. The van der Waals surface area contributed by atoms with E-state index in [9.17, 15) is 0 Å². The second kappa shape index (κ2) is 15.9. The van der Waals surface area contributed by atoms with Crippen molar-refractivity contribution in [3.05, 3.63) is 79.1 Å². The number of nitrogens with zero attached hydrogens (tertiary/aromatic N) is 2. The summed E-state index contributed by atoms with van der Waals surface area (Å²) in [6.07, 6.45) is 19.5. The molecule has 0 aliphatic carbocycles. The molecule has 192 valence electrons. The Bertz CT molecular complexity index is 993. The van der Waals surface area contributed by atoms with Gasteiger partial charge in [0, 0.05) is 23.5 Å². The highest BCUT2D eigenvalue weighted by Gasteiger charge is 2.05. The predicted molar refractivity (Wildman–Crippen MR) is 153 cm³/mol. The van der Waals surface area contributed by atoms with Gasteiger partial charge in [0.2, 0.25) is 0 Å². The van der Waals surface area contributed by atoms with Crippen LogP contribution in [0.2, 0.25) is 0 Å². The summed E-state index contributed by atoms with van der Waals surface area (Å²) in [4.78, 5) is 9.24. The molecule has 0 unspecified atom stereocenters. The third-order valence-corrected chi connectivity index (χ3v) is 6.98. The molecule has 1 heterocycles. The van der Waals surface area contributed by atoms with Gasteiger partial charge in [-0.25, -0.2) is 9.97 Å². The molecule has 0 saturated carbocycles. The van der Waals surface area contributed by atoms with Crippen molar-refractivity contribution in [3.63, 3.8) is 0 Å². The van der Waals surface area contributed by atoms with Crippen molar-refractivity contribution in [1.29, 1.82) is 0 Å². The third-order valence-electron chi connectivity index (χ3n) is 6.98. The Hall–Kier alpha value is -2.94. The molecule has 3 aromatic rings. The highest BCUT2D eigenvalue weighted by molar-refractivity contribution is 5.64. The molecule has 0 spiro atoms. The second-order valence-corrected chi connectivity index (χ2v) is 9.97. The number of unbranched alkanes of at least 4 members (excludes halogenated alkanes) is 6. The zero-order valence-corrected chi connectivity index (χ0v) is 22.4. The van der Waals surface area contributed by atoms with E-state index in [0.29, 0.717) is 0 Å². The van der Waals surface area contributed by atoms with Crippen LogP contribution in [0.4, 0.5) is 0 Å². The fourth-order valence-electron chi connectivity index (χ4n) is 4.33. The Morgan fingerprint density at radius 3 is 2.14 bits per heavy atom. The maximum absolute atomic E-state index is 5.88. The van der Waals surface area contributed by atoms with Crippen molar-refractivity contribution in [2.45, 2.75) is 84.5 Å². The number of benzene rings is 2. The average molecular weight is 485 g/mol. The van der Waals surface area contributed by atoms with Gasteiger partial charge in [-0.1, -0.05) is 82.7 Å². The van der Waals surface area contributed by atoms with Crippen LogP contribution >= 0.6 is 0 Å². The summed E-state index contributed by atoms with van der Waals surface area (Å²) < 4.78 is 5.88. The Kier molecular flexibility index (Phi) is 12.2. The molecule has 0 amide bonds. The van der Waals surface area contributed by atoms with Gasteiger partial charge in [0.25, 0.3) is 0 Å². The Balaban J connectivity index is 1.43. The van der Waals surface area contributed by atoms with Gasteiger partial charge in [-0.2, -0.15) is 0 Å². The summed E-state index contributed by atoms with van der Waals surface area (Å²) in [7, 11) is 0. The smallest absolute Gasteiger partial charge is 0.159 e. The minimum atomic E-state index is 0.738. The van der Waals surface area contributed by atoms with Crippen molar-refractivity contribution in [3.8, 4) is 28.3 Å². The highest BCUT2D eigenvalue weighted by atomic mass is 16.5. The SMILES string of the molecule is C=CCCCCCCOc1ccc(-c2ncc(-c3ccc(CCCCC[C@@H](C)CC)cc3)cn2)cc1. The summed E-state index contributed by atoms with van der Waals surface area (Å²) in [5.41, 5.74) is 4.62. The Labute approximate surface area is 219 Å². The molecule has 3 nitrogen and oxygen atoms in total. The first kappa shape index (κ1) is 27.6. The van der Waals surface area contributed by atoms with Crippen LogP contribution in [-0.2, 0) is 6.42 Å². The van der Waals surface area contributed by atoms with Crippen molar-refractivity contribution in [2.75, 3.05) is 6.61 Å². The van der Waals surface area contributed by atoms with E-state index in [4.69, 9.17) is 4.74 Å². The minimum Gasteiger partial charge on any atom is -0.494 e. The molecule has 1 atom stereocenters. The fraction of sp³-hybridized carbons (Fsp3) is 0.455. The molecule has 0 fully saturated rings. The lowest BCUT2D eigenvalue weighted by Crippen LogP contribution is -1.97. The van der Waals surface area contributed by atoms with Gasteiger partial charge in [0.1, 0.15) is 5.75 Å². The zero-order chi connectivity index (χ0) is 25.4. The number of hydrogen-bond acceptors (Lipinski definition) is 3. The third kappa shape index (κ3) is 9.60. The fourth-order valence-corrected chi connectivity index (χ4v) is 4.33. The number of rotatable bonds is 17. The molecule has 36 heavy (non-hydrogen) atoms. The van der Waals surface area contributed by atoms with E-state index >= 15 is 0 Å². The van der Waals surface area contributed by atoms with Gasteiger partial charge in [0.05, 0.1) is 6.61 Å². The average Bonchev–Trinajstić information content (AvgIpc) is 2.93. The van der Waals surface area contributed by atoms with Crippen LogP contribution in [0.15, 0.2) is 73.6 Å². The topological polar surface area (TPSA) is 35.0 Å². The maximum Gasteiger partial charge on any atom is 0.159 e. The quantitative estimate of drug-likeness (QED) is 0.141. The van der Waals surface area contributed by atoms with Crippen molar-refractivity contribution < 1.29 is 4.74 Å². The molecule has 3 rings (SSSR count). The van der Waals surface area contributed by atoms with Crippen LogP contribution in [0.3, 0.4) is 0 Å². The van der Waals surface area contributed by atoms with Crippen LogP contribution in [0.25, 0.3) is 22.5 Å². The molecule has 3 heteroatoms. The molecule has 0 radical (unpaired) electrons. The lowest BCUT2D eigenvalue weighted by atomic mass is 9.98. The molecule has 0 saturated heterocycles. The molecule has 0 N–H and O–H groups in total. The normalized spacial score (nSPS) is 11.8. The summed E-state index contributed by atoms with van der Waals surface area (Å²) in [5, 5.41) is 0. The molecule has 1 aromatic heterocycles. The van der Waals surface area contributed by atoms with E-state index in [0.717, 1.165) is 60.1 Å². The van der Waals surface area contributed by atoms with E-state index in [1.807, 2.05) is 42.7 Å². The van der Waals surface area contributed by atoms with Gasteiger partial charge < -0.3 is 4.74 Å². The van der Waals surface area contributed by atoms with Gasteiger partial charge in [-0.3, -0.25) is 0 Å². The van der Waals surface area contributed by atoms with Gasteiger partial charge in [-0.05, 0) is 73.4 Å². The van der Waals surface area contributed by atoms with Crippen LogP contribution < -0.4 is 4.74 Å². The first-order valence-corrected chi connectivity index (χ1v) is 13.9. The van der Waals surface area contributed by atoms with Crippen molar-refractivity contribution in [2.24, 2.45) is 5.92 Å². The van der Waals surface area contributed by atoms with Crippen LogP contribution in [0, 0.1) is 5.92 Å². The number of allylic oxidation sites excluding steroid dienone is 1. The maximum atomic E-state index is 5.88. The zero-order valence-electron chi connectivity index (χ0n) is 22.4. The first-order chi connectivity index (χ1) is 17.7. The lowest BCUT2D eigenvalue weighted by molar-refractivity contribution is 0.305. The first-order valence-electron chi connectivity index (χ1n) is 13.9. The van der Waals surface area contributed by atoms with Gasteiger partial charge in [-0.15, -0.1) is 6.58 Å². The summed E-state index contributed by atoms with van der Waals surface area (Å²) in [5.74, 6) is 2.50. The van der Waals surface area contributed by atoms with E-state index in [1.165, 1.54) is 56.9 Å². The van der Waals surface area contributed by atoms with E-state index in [1.54, 1.807) is 0 Å². The molecule has 0 aliphatic rings. The van der Waals surface area contributed by atoms with E-state index < -0.39 is 0 Å². The largest absolute Gasteiger partial charge is 0.494 e. The van der Waals surface area contributed by atoms with Crippen molar-refractivity contribution >= 4 is 0 Å². The van der Waals surface area contributed by atoms with Gasteiger partial charge >= 0.3 is 0 Å². The van der Waals surface area contributed by atoms with Crippen LogP contribution in [0.1, 0.15) is 83.6 Å². The van der Waals surface area contributed by atoms with Crippen molar-refractivity contribution in [1.82, 2.24) is 9.97 Å². The molecule has 0 aliphatic heterocycles. The van der Waals surface area contributed by atoms with Crippen LogP contribution in [-0.4, -0.2) is 16.6 Å². The molecule has 0 bridgehead atoms. The lowest BCUT2D eigenvalue weighted by Gasteiger charge is -2.08. The summed E-state index contributed by atoms with van der Waals surface area (Å²) in [6.45, 7) is 9.17. The summed E-state index contributed by atoms with van der Waals surface area (Å²) in [6, 6.07) is 17.0. The molecule has 2 aromatic carbocycles. The Morgan fingerprint density at radius 2 is 1.44 bits per heavy atom. The van der Waals surface area contributed by atoms with Gasteiger partial charge in [0.15, 0.2) is 5.82 Å². The monoisotopic (exact) mass is 484 g/mol. The van der Waals surface area contributed by atoms with E-state index in [-0.39, 0.29) is 0 Å². The van der Waals surface area contributed by atoms with Crippen LogP contribution in [0.5, 0.6) is 5.75 Å². The van der Waals surface area contributed by atoms with E-state index in [2.05, 4.69) is 54.7 Å². The number of aryl methyl sites for hydroxylation is 1. The highest BCUT2D eigenvalue weighted by Crippen LogP contribution is 2.23. The molecular formula is C33H44N2O. The number of ether oxygens (including phenoxy) is 1. The summed E-state index contributed by atoms with van der Waals surface area (Å²) >= 11 is 0. The number of aromatic nitrogens is 2. The Morgan fingerprint density at radius 1 is 0.778 bits per heavy atom. The molecular weight excluding hydrogens is 440 g/mol. The number of hydrogen-bond donors (Lipinski definition) is 0.